The Balaban J connectivity index is 1.75. The van der Waals surface area contributed by atoms with Crippen molar-refractivity contribution in [3.05, 3.63) is 0 Å². The topological polar surface area (TPSA) is 98.0 Å². The summed E-state index contributed by atoms with van der Waals surface area (Å²) in [6.45, 7) is 1.63. The molecule has 5 nitrogen and oxygen atoms in total. The van der Waals surface area contributed by atoms with Crippen LogP contribution in [0.4, 0.5) is 0 Å². The maximum Gasteiger partial charge on any atom is 0.137 e. The van der Waals surface area contributed by atoms with E-state index in [0.717, 1.165) is 0 Å². The van der Waals surface area contributed by atoms with Crippen molar-refractivity contribution in [3.8, 4) is 0 Å². The Bertz CT molecular complexity index is 777. The Labute approximate surface area is 162 Å². The van der Waals surface area contributed by atoms with E-state index in [1.807, 2.05) is 0 Å². The van der Waals surface area contributed by atoms with Crippen LogP contribution in [0.2, 0.25) is 0 Å². The van der Waals surface area contributed by atoms with E-state index >= 15 is 0 Å². The van der Waals surface area contributed by atoms with Gasteiger partial charge in [0.1, 0.15) is 11.9 Å². The monoisotopic (exact) mass is 371 g/mol. The van der Waals surface area contributed by atoms with Gasteiger partial charge in [-0.2, -0.15) is 0 Å². The normalized spacial score (nSPS) is 62.9. The fraction of sp³-hybridized carbons (Fsp3) is 0.952. The van der Waals surface area contributed by atoms with Crippen molar-refractivity contribution >= 4 is 5.78 Å². The zero-order chi connectivity index (χ0) is 23.4. The molecule has 5 heteroatoms. The van der Waals surface area contributed by atoms with Crippen LogP contribution < -0.4 is 0 Å². The van der Waals surface area contributed by atoms with E-state index in [2.05, 4.69) is 0 Å². The quantitative estimate of drug-likeness (QED) is 0.592. The molecule has 148 valence electrons. The molecule has 0 spiro atoms. The van der Waals surface area contributed by atoms with Crippen LogP contribution in [0.3, 0.4) is 0 Å². The fourth-order valence-corrected chi connectivity index (χ4v) is 7.03. The standard InChI is InChI=1S/C21H34O5/c1-19-7-5-13(23)9-12(19)3-4-14-15-6-8-21(26,17(25)11-22)20(15,2)10-16(24)18(14)19/h12-15,17-18,22-23,25-26H,3-11H2,1-2H3/t12-,13-,14+,15+,17+,18-,19+,20+,21+/m1/s1/i5D2,9D2,11D/t11?,12-,13-,14+,15+,17+,18-,19+,20+,21+. The molecule has 0 bridgehead atoms. The van der Waals surface area contributed by atoms with Gasteiger partial charge in [-0.3, -0.25) is 4.79 Å². The van der Waals surface area contributed by atoms with Gasteiger partial charge in [-0.1, -0.05) is 13.8 Å². The highest BCUT2D eigenvalue weighted by Crippen LogP contribution is 2.67. The van der Waals surface area contributed by atoms with Gasteiger partial charge in [-0.15, -0.1) is 0 Å². The molecule has 0 saturated heterocycles. The summed E-state index contributed by atoms with van der Waals surface area (Å²) >= 11 is 0. The summed E-state index contributed by atoms with van der Waals surface area (Å²) in [6.07, 6.45) is -6.39. The smallest absolute Gasteiger partial charge is 0.137 e. The number of hydrogen-bond donors (Lipinski definition) is 4. The summed E-state index contributed by atoms with van der Waals surface area (Å²) in [5.74, 6) is -1.82. The minimum Gasteiger partial charge on any atom is -0.394 e. The summed E-state index contributed by atoms with van der Waals surface area (Å²) < 4.78 is 41.1. The molecule has 0 aromatic carbocycles. The molecule has 0 amide bonds. The van der Waals surface area contributed by atoms with Crippen LogP contribution in [-0.2, 0) is 4.79 Å². The third kappa shape index (κ3) is 2.27. The summed E-state index contributed by atoms with van der Waals surface area (Å²) in [5, 5.41) is 41.9. The number of fused-ring (bicyclic) bond motifs is 5. The van der Waals surface area contributed by atoms with Crippen molar-refractivity contribution in [2.24, 2.45) is 34.5 Å². The number of rotatable bonds is 2. The fourth-order valence-electron chi connectivity index (χ4n) is 7.03. The van der Waals surface area contributed by atoms with Crippen LogP contribution in [0.25, 0.3) is 0 Å². The van der Waals surface area contributed by atoms with Crippen molar-refractivity contribution in [1.82, 2.24) is 0 Å². The number of carbonyl (C=O) groups excluding carboxylic acids is 1. The molecule has 1 unspecified atom stereocenters. The Morgan fingerprint density at radius 2 is 2.04 bits per heavy atom. The van der Waals surface area contributed by atoms with Crippen LogP contribution in [0, 0.1) is 34.5 Å². The molecule has 4 aliphatic carbocycles. The van der Waals surface area contributed by atoms with E-state index in [1.54, 1.807) is 13.8 Å². The maximum absolute atomic E-state index is 13.6. The lowest BCUT2D eigenvalue weighted by Crippen LogP contribution is -2.63. The average molecular weight is 372 g/mol. The number of carbonyl (C=O) groups is 1. The molecule has 4 saturated carbocycles. The number of Topliss-reactive ketones (excluding diaryl/α,β-unsaturated/α-hetero) is 1. The third-order valence-corrected chi connectivity index (χ3v) is 8.44. The van der Waals surface area contributed by atoms with E-state index in [4.69, 9.17) is 6.85 Å². The first kappa shape index (κ1) is 13.6. The Kier molecular flexibility index (Phi) is 3.15. The van der Waals surface area contributed by atoms with Crippen molar-refractivity contribution in [2.45, 2.75) is 82.9 Å². The molecule has 4 fully saturated rings. The number of ketones is 1. The van der Waals surface area contributed by atoms with Crippen LogP contribution in [0.15, 0.2) is 0 Å². The third-order valence-electron chi connectivity index (χ3n) is 8.44. The molecule has 4 N–H and O–H groups in total. The van der Waals surface area contributed by atoms with Crippen LogP contribution in [-0.4, -0.2) is 50.6 Å². The molecular weight excluding hydrogens is 332 g/mol. The SMILES string of the molecule is [2H]C(O)[C@H](O)[C@@]1(O)CC[C@H]2[C@@H]3CC[C@@H]4C([2H])([2H])[C@H](O)C([2H])([2H])C[C@]4(C)[C@H]3C(=O)C[C@@]21C. The molecular formula is C21H34O5. The Morgan fingerprint density at radius 1 is 1.31 bits per heavy atom. The second-order valence-electron chi connectivity index (χ2n) is 9.45. The molecule has 4 rings (SSSR count). The predicted octanol–water partition coefficient (Wildman–Crippen LogP) is 1.65. The van der Waals surface area contributed by atoms with Gasteiger partial charge >= 0.3 is 0 Å². The van der Waals surface area contributed by atoms with Crippen molar-refractivity contribution < 1.29 is 32.1 Å². The molecule has 26 heavy (non-hydrogen) atoms. The van der Waals surface area contributed by atoms with Crippen molar-refractivity contribution in [1.29, 1.82) is 0 Å². The minimum atomic E-state index is -2.17. The molecule has 0 aromatic heterocycles. The van der Waals surface area contributed by atoms with Gasteiger partial charge in [-0.25, -0.2) is 0 Å². The number of aliphatic hydroxyl groups is 4. The Morgan fingerprint density at radius 3 is 2.73 bits per heavy atom. The molecule has 0 aliphatic heterocycles. The largest absolute Gasteiger partial charge is 0.394 e. The van der Waals surface area contributed by atoms with Crippen molar-refractivity contribution in [3.63, 3.8) is 0 Å². The van der Waals surface area contributed by atoms with Crippen molar-refractivity contribution in [2.75, 3.05) is 6.58 Å². The first-order chi connectivity index (χ1) is 14.0. The predicted molar refractivity (Wildman–Crippen MR) is 96.2 cm³/mol. The number of hydrogen-bond acceptors (Lipinski definition) is 5. The molecule has 4 aliphatic rings. The maximum atomic E-state index is 13.6. The van der Waals surface area contributed by atoms with E-state index in [9.17, 15) is 25.2 Å². The lowest BCUT2D eigenvalue weighted by molar-refractivity contribution is -0.196. The van der Waals surface area contributed by atoms with Gasteiger partial charge in [0.15, 0.2) is 0 Å². The molecule has 0 radical (unpaired) electrons. The highest BCUT2D eigenvalue weighted by molar-refractivity contribution is 5.84. The second kappa shape index (κ2) is 6.00. The van der Waals surface area contributed by atoms with E-state index < -0.39 is 59.8 Å². The van der Waals surface area contributed by atoms with Gasteiger partial charge in [0.05, 0.1) is 19.7 Å². The average Bonchev–Trinajstić information content (AvgIpc) is 2.90. The van der Waals surface area contributed by atoms with Crippen LogP contribution in [0.5, 0.6) is 0 Å². The summed E-state index contributed by atoms with van der Waals surface area (Å²) in [6, 6.07) is 0. The zero-order valence-corrected chi connectivity index (χ0v) is 15.5. The first-order valence-electron chi connectivity index (χ1n) is 12.3. The summed E-state index contributed by atoms with van der Waals surface area (Å²) in [5.41, 5.74) is -3.77. The van der Waals surface area contributed by atoms with E-state index in [0.29, 0.717) is 19.3 Å². The summed E-state index contributed by atoms with van der Waals surface area (Å²) in [4.78, 5) is 13.6. The highest BCUT2D eigenvalue weighted by Gasteiger charge is 2.68. The van der Waals surface area contributed by atoms with Gasteiger partial charge in [0.25, 0.3) is 0 Å². The number of aliphatic hydroxyl groups excluding tert-OH is 3. The Hall–Kier alpha value is -0.490. The molecule has 10 atom stereocenters. The van der Waals surface area contributed by atoms with Crippen LogP contribution >= 0.6 is 0 Å². The molecule has 0 aromatic rings. The van der Waals surface area contributed by atoms with Crippen LogP contribution in [0.1, 0.15) is 72.0 Å². The van der Waals surface area contributed by atoms with Gasteiger partial charge in [-0.05, 0) is 68.0 Å². The van der Waals surface area contributed by atoms with Gasteiger partial charge in [0, 0.05) is 23.2 Å². The highest BCUT2D eigenvalue weighted by atomic mass is 16.4. The second-order valence-corrected chi connectivity index (χ2v) is 9.45. The van der Waals surface area contributed by atoms with Gasteiger partial charge in [0.2, 0.25) is 0 Å². The lowest BCUT2D eigenvalue weighted by Gasteiger charge is -2.60. The zero-order valence-electron chi connectivity index (χ0n) is 20.5. The van der Waals surface area contributed by atoms with E-state index in [1.165, 1.54) is 0 Å². The lowest BCUT2D eigenvalue weighted by atomic mass is 9.44. The van der Waals surface area contributed by atoms with E-state index in [-0.39, 0.29) is 36.9 Å². The first-order valence-corrected chi connectivity index (χ1v) is 9.75. The minimum absolute atomic E-state index is 0.0734. The van der Waals surface area contributed by atoms with Gasteiger partial charge < -0.3 is 20.4 Å². The molecule has 0 heterocycles. The summed E-state index contributed by atoms with van der Waals surface area (Å²) in [7, 11) is 0.